The fourth-order valence-electron chi connectivity index (χ4n) is 0. The van der Waals surface area contributed by atoms with Gasteiger partial charge in [-0.05, 0) is 0 Å². The first kappa shape index (κ1) is 4.53. The third-order valence-corrected chi connectivity index (χ3v) is 0.185. The molecule has 2 nitrogen and oxygen atoms in total. The second-order valence-electron chi connectivity index (χ2n) is 0.627. The Labute approximate surface area is 31.2 Å². The quantitative estimate of drug-likeness (QED) is 0.283. The molecule has 0 aliphatic rings. The molecule has 2 N–H and O–H groups in total. The molecule has 2 radical (unpaired) electrons. The van der Waals surface area contributed by atoms with E-state index in [-0.39, 0.29) is 6.32 Å². The minimum Gasteiger partial charge on any atom is -0.565 e. The van der Waals surface area contributed by atoms with Crippen LogP contribution in [0.5, 0.6) is 0 Å². The highest BCUT2D eigenvalue weighted by molar-refractivity contribution is 6.18. The van der Waals surface area contributed by atoms with Crippen LogP contribution in [-0.4, -0.2) is 18.9 Å². The van der Waals surface area contributed by atoms with E-state index in [1.165, 1.54) is 0 Å². The van der Waals surface area contributed by atoms with Gasteiger partial charge in [-0.1, -0.05) is 0 Å². The molecule has 0 aromatic heterocycles. The molecule has 0 aromatic rings. The second kappa shape index (κ2) is 1.82. The summed E-state index contributed by atoms with van der Waals surface area (Å²) in [4.78, 5) is 9.35. The number of hydrogen-bond donors (Lipinski definition) is 0. The summed E-state index contributed by atoms with van der Waals surface area (Å²) in [6, 6.07) is 0. The number of carbonyl (C=O) groups excluding carboxylic acids is 1. The first-order valence-electron chi connectivity index (χ1n) is 1.22. The van der Waals surface area contributed by atoms with Crippen LogP contribution in [0.2, 0.25) is 6.32 Å². The maximum Gasteiger partial charge on any atom is 0.507 e. The third kappa shape index (κ3) is 3.53. The van der Waals surface area contributed by atoms with Crippen LogP contribution in [-0.2, 0) is 4.79 Å². The normalized spacial score (nSPS) is 7.20. The van der Waals surface area contributed by atoms with Crippen LogP contribution >= 0.6 is 0 Å². The van der Waals surface area contributed by atoms with Crippen molar-refractivity contribution in [3.8, 4) is 0 Å². The molecule has 0 aromatic carbocycles. The minimum atomic E-state index is -0.718. The molecule has 0 unspecified atom stereocenters. The monoisotopic (exact) mass is 71.0 g/mol. The lowest BCUT2D eigenvalue weighted by Gasteiger charge is -1.63. The van der Waals surface area contributed by atoms with Crippen molar-refractivity contribution in [2.24, 2.45) is 0 Å². The van der Waals surface area contributed by atoms with Gasteiger partial charge < -0.3 is 5.11 Å². The van der Waals surface area contributed by atoms with Crippen LogP contribution in [0.3, 0.4) is 0 Å². The van der Waals surface area contributed by atoms with Gasteiger partial charge in [0.2, 0.25) is 0 Å². The van der Waals surface area contributed by atoms with E-state index in [1.807, 2.05) is 0 Å². The Morgan fingerprint density at radius 3 is 2.20 bits per heavy atom. The molecule has 0 spiro atoms. The smallest absolute Gasteiger partial charge is 0.507 e. The molecule has 0 saturated heterocycles. The Hall–Kier alpha value is -0.465. The van der Waals surface area contributed by atoms with E-state index in [9.17, 15) is 4.79 Å². The summed E-state index contributed by atoms with van der Waals surface area (Å²) in [6.45, 7) is 0. The summed E-state index contributed by atoms with van der Waals surface area (Å²) in [7, 11) is 4.63. The first-order valence-corrected chi connectivity index (χ1v) is 1.22. The van der Waals surface area contributed by atoms with Gasteiger partial charge in [0.05, 0.1) is 14.2 Å². The van der Waals surface area contributed by atoms with Crippen molar-refractivity contribution in [2.75, 3.05) is 0 Å². The lowest BCUT2D eigenvalue weighted by Crippen LogP contribution is -1.89. The summed E-state index contributed by atoms with van der Waals surface area (Å²) < 4.78 is 0. The topological polar surface area (TPSA) is 40.0 Å². The third-order valence-electron chi connectivity index (χ3n) is 0.185. The molecule has 0 aliphatic heterocycles. The molecule has 3 heteroatoms. The van der Waals surface area contributed by atoms with Gasteiger partial charge in [-0.15, -0.1) is 0 Å². The van der Waals surface area contributed by atoms with Gasteiger partial charge in [0.1, 0.15) is 0 Å². The van der Waals surface area contributed by atoms with E-state index < -0.39 is 5.97 Å². The fourth-order valence-corrected chi connectivity index (χ4v) is 0. The zero-order valence-corrected chi connectivity index (χ0v) is 2.69. The summed E-state index contributed by atoms with van der Waals surface area (Å²) in [6.07, 6.45) is -0.167. The first-order chi connectivity index (χ1) is 2.27. The van der Waals surface area contributed by atoms with Crippen LogP contribution in [0, 0.1) is 0 Å². The highest BCUT2D eigenvalue weighted by atomic mass is 16.4. The Bertz CT molecular complexity index is 42.9. The van der Waals surface area contributed by atoms with E-state index in [4.69, 9.17) is 5.11 Å². The molecule has 0 fully saturated rings. The van der Waals surface area contributed by atoms with Crippen LogP contribution in [0.1, 0.15) is 0 Å². The highest BCUT2D eigenvalue weighted by Crippen LogP contribution is 1.63. The standard InChI is InChI=1S/C2H3BO2/c3-1-2(4)5/h1H2,(H,4,5)/p+1. The molecule has 0 amide bonds. The van der Waals surface area contributed by atoms with Crippen molar-refractivity contribution in [3.63, 3.8) is 0 Å². The summed E-state index contributed by atoms with van der Waals surface area (Å²) >= 11 is 0. The van der Waals surface area contributed by atoms with Gasteiger partial charge in [-0.25, -0.2) is 0 Å². The number of rotatable bonds is 1. The summed E-state index contributed by atoms with van der Waals surface area (Å²) in [5.41, 5.74) is 0. The molecule has 5 heavy (non-hydrogen) atoms. The van der Waals surface area contributed by atoms with Crippen LogP contribution in [0.4, 0.5) is 0 Å². The molecule has 0 saturated carbocycles. The van der Waals surface area contributed by atoms with E-state index in [1.54, 1.807) is 0 Å². The Kier molecular flexibility index (Phi) is 1.65. The molecule has 0 aliphatic carbocycles. The van der Waals surface area contributed by atoms with Gasteiger partial charge in [0.15, 0.2) is 0 Å². The van der Waals surface area contributed by atoms with Crippen molar-refractivity contribution in [1.29, 1.82) is 0 Å². The molecular weight excluding hydrogens is 66.8 g/mol. The second-order valence-corrected chi connectivity index (χ2v) is 0.627. The van der Waals surface area contributed by atoms with Gasteiger partial charge >= 0.3 is 5.97 Å². The molecule has 0 atom stereocenters. The van der Waals surface area contributed by atoms with Crippen molar-refractivity contribution in [1.82, 2.24) is 0 Å². The van der Waals surface area contributed by atoms with Gasteiger partial charge in [-0.2, -0.15) is 0 Å². The maximum atomic E-state index is 9.35. The highest BCUT2D eigenvalue weighted by Gasteiger charge is 1.93. The van der Waals surface area contributed by atoms with Crippen molar-refractivity contribution in [2.45, 2.75) is 6.32 Å². The zero-order valence-electron chi connectivity index (χ0n) is 2.69. The molecule has 0 heterocycles. The maximum absolute atomic E-state index is 9.35. The number of carbonyl (C=O) groups is 1. The average molecular weight is 70.9 g/mol. The molecular formula is C2H4BO2+. The van der Waals surface area contributed by atoms with Gasteiger partial charge in [-0.3, -0.25) is 0 Å². The van der Waals surface area contributed by atoms with E-state index in [0.29, 0.717) is 0 Å². The lowest BCUT2D eigenvalue weighted by molar-refractivity contribution is -0.134. The van der Waals surface area contributed by atoms with Crippen molar-refractivity contribution in [3.05, 3.63) is 0 Å². The summed E-state index contributed by atoms with van der Waals surface area (Å²) in [5.74, 6) is -0.718. The fraction of sp³-hybridized carbons (Fsp3) is 0.500. The molecule has 0 rings (SSSR count). The van der Waals surface area contributed by atoms with Gasteiger partial charge in [0, 0.05) is 4.79 Å². The Morgan fingerprint density at radius 1 is 2.00 bits per heavy atom. The van der Waals surface area contributed by atoms with Crippen LogP contribution < -0.4 is 0 Å². The molecule has 26 valence electrons. The SMILES string of the molecule is [B]CC(=O)[OH2+]. The van der Waals surface area contributed by atoms with Crippen LogP contribution in [0.25, 0.3) is 0 Å². The molecule has 0 bridgehead atoms. The predicted molar refractivity (Wildman–Crippen MR) is 19.2 cm³/mol. The zero-order chi connectivity index (χ0) is 4.28. The largest absolute Gasteiger partial charge is 0.565 e. The number of hydrogen-bond acceptors (Lipinski definition) is 1. The minimum absolute atomic E-state index is 0.167. The van der Waals surface area contributed by atoms with Crippen molar-refractivity contribution >= 4 is 13.8 Å². The van der Waals surface area contributed by atoms with E-state index in [0.717, 1.165) is 0 Å². The lowest BCUT2D eigenvalue weighted by atomic mass is 10.1. The average Bonchev–Trinajstić information content (AvgIpc) is 1.38. The Balaban J connectivity index is 2.85. The summed E-state index contributed by atoms with van der Waals surface area (Å²) in [5, 5.41) is 6.06. The van der Waals surface area contributed by atoms with Crippen molar-refractivity contribution < 1.29 is 9.90 Å². The van der Waals surface area contributed by atoms with Gasteiger partial charge in [0.25, 0.3) is 0 Å². The van der Waals surface area contributed by atoms with E-state index >= 15 is 0 Å². The Morgan fingerprint density at radius 2 is 2.20 bits per heavy atom. The van der Waals surface area contributed by atoms with E-state index in [2.05, 4.69) is 7.85 Å². The van der Waals surface area contributed by atoms with Crippen LogP contribution in [0.15, 0.2) is 0 Å². The predicted octanol–water partition coefficient (Wildman–Crippen LogP) is -1.18.